The average molecular weight is 454 g/mol. The lowest BCUT2D eigenvalue weighted by molar-refractivity contribution is -0.131. The number of methoxy groups -OCH3 is 2. The molecule has 180 valence electrons. The van der Waals surface area contributed by atoms with E-state index in [0.717, 1.165) is 42.9 Å². The minimum absolute atomic E-state index is 0.134. The van der Waals surface area contributed by atoms with Crippen LogP contribution >= 0.6 is 0 Å². The van der Waals surface area contributed by atoms with Gasteiger partial charge in [-0.1, -0.05) is 37.3 Å². The Bertz CT molecular complexity index is 893. The zero-order valence-electron chi connectivity index (χ0n) is 20.8. The van der Waals surface area contributed by atoms with Crippen LogP contribution in [-0.4, -0.2) is 43.8 Å². The van der Waals surface area contributed by atoms with Crippen LogP contribution in [0.3, 0.4) is 0 Å². The van der Waals surface area contributed by atoms with Crippen molar-refractivity contribution in [3.05, 3.63) is 59.7 Å². The molecule has 1 heterocycles. The largest absolute Gasteiger partial charge is 0.497 e. The molecule has 0 bridgehead atoms. The van der Waals surface area contributed by atoms with Crippen molar-refractivity contribution in [1.82, 2.24) is 4.90 Å². The van der Waals surface area contributed by atoms with Gasteiger partial charge < -0.3 is 19.1 Å². The Morgan fingerprint density at radius 2 is 1.85 bits per heavy atom. The molecule has 5 heteroatoms. The van der Waals surface area contributed by atoms with Gasteiger partial charge in [0.2, 0.25) is 5.91 Å². The highest BCUT2D eigenvalue weighted by Gasteiger charge is 2.35. The number of hydrogen-bond donors (Lipinski definition) is 0. The van der Waals surface area contributed by atoms with Crippen LogP contribution in [0.5, 0.6) is 11.5 Å². The van der Waals surface area contributed by atoms with Crippen LogP contribution in [0.4, 0.5) is 0 Å². The Morgan fingerprint density at radius 3 is 2.48 bits per heavy atom. The summed E-state index contributed by atoms with van der Waals surface area (Å²) >= 11 is 0. The monoisotopic (exact) mass is 453 g/mol. The van der Waals surface area contributed by atoms with E-state index in [1.165, 1.54) is 5.56 Å². The predicted octanol–water partition coefficient (Wildman–Crippen LogP) is 5.82. The molecule has 0 aliphatic carbocycles. The molecule has 0 N–H and O–H groups in total. The summed E-state index contributed by atoms with van der Waals surface area (Å²) in [7, 11) is 3.40. The lowest BCUT2D eigenvalue weighted by Gasteiger charge is -2.40. The number of benzene rings is 2. The first-order valence-electron chi connectivity index (χ1n) is 12.0. The van der Waals surface area contributed by atoms with Crippen LogP contribution in [0, 0.1) is 5.92 Å². The van der Waals surface area contributed by atoms with Gasteiger partial charge in [0, 0.05) is 26.1 Å². The van der Waals surface area contributed by atoms with Gasteiger partial charge in [0.15, 0.2) is 0 Å². The zero-order valence-corrected chi connectivity index (χ0v) is 20.8. The van der Waals surface area contributed by atoms with Gasteiger partial charge in [0.05, 0.1) is 19.8 Å². The summed E-state index contributed by atoms with van der Waals surface area (Å²) in [6, 6.07) is 16.3. The van der Waals surface area contributed by atoms with E-state index in [0.29, 0.717) is 31.3 Å². The van der Waals surface area contributed by atoms with Crippen molar-refractivity contribution in [2.24, 2.45) is 5.92 Å². The Balaban J connectivity index is 1.82. The molecule has 1 saturated heterocycles. The SMILES string of the molecule is CCC(=O)N(CCC(c1ccccc1OC)C1CCOC(C)(C)C1)Cc1ccc(OC)cc1. The maximum absolute atomic E-state index is 12.8. The Kier molecular flexibility index (Phi) is 8.79. The van der Waals surface area contributed by atoms with Gasteiger partial charge >= 0.3 is 0 Å². The molecule has 33 heavy (non-hydrogen) atoms. The highest BCUT2D eigenvalue weighted by molar-refractivity contribution is 5.75. The van der Waals surface area contributed by atoms with Gasteiger partial charge in [-0.3, -0.25) is 4.79 Å². The molecule has 0 saturated carbocycles. The summed E-state index contributed by atoms with van der Waals surface area (Å²) in [5, 5.41) is 0. The molecule has 5 nitrogen and oxygen atoms in total. The summed E-state index contributed by atoms with van der Waals surface area (Å²) in [6.07, 6.45) is 3.41. The van der Waals surface area contributed by atoms with Gasteiger partial charge in [-0.05, 0) is 74.3 Å². The number of nitrogens with zero attached hydrogens (tertiary/aromatic N) is 1. The molecule has 1 fully saturated rings. The van der Waals surface area contributed by atoms with Gasteiger partial charge in [-0.2, -0.15) is 0 Å². The van der Waals surface area contributed by atoms with Crippen LogP contribution in [0.1, 0.15) is 63.5 Å². The van der Waals surface area contributed by atoms with Crippen molar-refractivity contribution < 1.29 is 19.0 Å². The number of carbonyl (C=O) groups is 1. The van der Waals surface area contributed by atoms with Gasteiger partial charge in [0.25, 0.3) is 0 Å². The fourth-order valence-corrected chi connectivity index (χ4v) is 5.00. The lowest BCUT2D eigenvalue weighted by Crippen LogP contribution is -2.38. The molecule has 2 aromatic rings. The summed E-state index contributed by atoms with van der Waals surface area (Å²) in [5.41, 5.74) is 2.21. The molecule has 2 aromatic carbocycles. The number of carbonyl (C=O) groups excluding carboxylic acids is 1. The second-order valence-electron chi connectivity index (χ2n) is 9.52. The van der Waals surface area contributed by atoms with Crippen LogP contribution < -0.4 is 9.47 Å². The molecule has 0 radical (unpaired) electrons. The third kappa shape index (κ3) is 6.73. The Hall–Kier alpha value is -2.53. The van der Waals surface area contributed by atoms with E-state index in [9.17, 15) is 4.79 Å². The van der Waals surface area contributed by atoms with Crippen LogP contribution in [0.2, 0.25) is 0 Å². The molecule has 1 aliphatic rings. The number of amides is 1. The van der Waals surface area contributed by atoms with Crippen LogP contribution in [0.25, 0.3) is 0 Å². The number of hydrogen-bond acceptors (Lipinski definition) is 4. The van der Waals surface area contributed by atoms with E-state index >= 15 is 0 Å². The molecule has 0 spiro atoms. The van der Waals surface area contributed by atoms with Crippen molar-refractivity contribution >= 4 is 5.91 Å². The minimum Gasteiger partial charge on any atom is -0.497 e. The van der Waals surface area contributed by atoms with E-state index in [2.05, 4.69) is 26.0 Å². The van der Waals surface area contributed by atoms with Crippen molar-refractivity contribution in [3.8, 4) is 11.5 Å². The van der Waals surface area contributed by atoms with Crippen LogP contribution in [0.15, 0.2) is 48.5 Å². The lowest BCUT2D eigenvalue weighted by atomic mass is 9.75. The summed E-state index contributed by atoms with van der Waals surface area (Å²) in [4.78, 5) is 14.8. The first kappa shape index (κ1) is 25.1. The zero-order chi connectivity index (χ0) is 23.8. The highest BCUT2D eigenvalue weighted by Crippen LogP contribution is 2.42. The standard InChI is InChI=1S/C28H39NO4/c1-6-27(30)29(20-21-11-13-23(31-4)14-12-21)17-15-24(22-16-18-33-28(2,3)19-22)25-9-7-8-10-26(25)32-5/h7-14,22,24H,6,15-20H2,1-5H3. The van der Waals surface area contributed by atoms with Crippen LogP contribution in [-0.2, 0) is 16.1 Å². The second-order valence-corrected chi connectivity index (χ2v) is 9.52. The first-order chi connectivity index (χ1) is 15.9. The quantitative estimate of drug-likeness (QED) is 0.455. The molecule has 0 aromatic heterocycles. The maximum Gasteiger partial charge on any atom is 0.222 e. The fraction of sp³-hybridized carbons (Fsp3) is 0.536. The van der Waals surface area contributed by atoms with E-state index < -0.39 is 0 Å². The summed E-state index contributed by atoms with van der Waals surface area (Å²) in [6.45, 7) is 8.37. The third-order valence-electron chi connectivity index (χ3n) is 6.74. The Morgan fingerprint density at radius 1 is 1.12 bits per heavy atom. The molecule has 3 rings (SSSR count). The van der Waals surface area contributed by atoms with Gasteiger partial charge in [-0.15, -0.1) is 0 Å². The first-order valence-corrected chi connectivity index (χ1v) is 12.0. The van der Waals surface area contributed by atoms with Gasteiger partial charge in [0.1, 0.15) is 11.5 Å². The number of rotatable bonds is 10. The maximum atomic E-state index is 12.8. The number of ether oxygens (including phenoxy) is 3. The van der Waals surface area contributed by atoms with Crippen molar-refractivity contribution in [2.75, 3.05) is 27.4 Å². The summed E-state index contributed by atoms with van der Waals surface area (Å²) < 4.78 is 17.0. The van der Waals surface area contributed by atoms with E-state index in [1.54, 1.807) is 14.2 Å². The molecule has 1 amide bonds. The van der Waals surface area contributed by atoms with Gasteiger partial charge in [-0.25, -0.2) is 0 Å². The smallest absolute Gasteiger partial charge is 0.222 e. The second kappa shape index (κ2) is 11.6. The summed E-state index contributed by atoms with van der Waals surface area (Å²) in [5.74, 6) is 2.70. The molecule has 2 unspecified atom stereocenters. The average Bonchev–Trinajstić information content (AvgIpc) is 2.83. The van der Waals surface area contributed by atoms with Crippen molar-refractivity contribution in [1.29, 1.82) is 0 Å². The van der Waals surface area contributed by atoms with Crippen molar-refractivity contribution in [2.45, 2.75) is 64.5 Å². The third-order valence-corrected chi connectivity index (χ3v) is 6.74. The topological polar surface area (TPSA) is 48.0 Å². The normalized spacial score (nSPS) is 18.4. The Labute approximate surface area is 199 Å². The number of para-hydroxylation sites is 1. The minimum atomic E-state index is -0.134. The molecule has 1 aliphatic heterocycles. The molecular formula is C28H39NO4. The fourth-order valence-electron chi connectivity index (χ4n) is 5.00. The molecular weight excluding hydrogens is 414 g/mol. The van der Waals surface area contributed by atoms with E-state index in [4.69, 9.17) is 14.2 Å². The van der Waals surface area contributed by atoms with Crippen molar-refractivity contribution in [3.63, 3.8) is 0 Å². The molecule has 2 atom stereocenters. The predicted molar refractivity (Wildman–Crippen MR) is 132 cm³/mol. The van der Waals surface area contributed by atoms with E-state index in [-0.39, 0.29) is 11.5 Å². The highest BCUT2D eigenvalue weighted by atomic mass is 16.5. The van der Waals surface area contributed by atoms with E-state index in [1.807, 2.05) is 48.2 Å².